The highest BCUT2D eigenvalue weighted by molar-refractivity contribution is 7.99. The topological polar surface area (TPSA) is 64.6 Å². The van der Waals surface area contributed by atoms with Crippen molar-refractivity contribution in [2.45, 2.75) is 31.5 Å². The molecule has 1 amide bonds. The number of halogens is 1. The van der Waals surface area contributed by atoms with E-state index in [0.717, 1.165) is 17.2 Å². The molecule has 0 saturated carbocycles. The van der Waals surface area contributed by atoms with Gasteiger partial charge < -0.3 is 15.3 Å². The number of piperidine rings is 1. The number of rotatable bonds is 4. The Hall–Kier alpha value is -1.31. The largest absolute Gasteiger partial charge is 0.393 e. The number of anilines is 1. The van der Waals surface area contributed by atoms with Gasteiger partial charge in [-0.15, -0.1) is 11.8 Å². The lowest BCUT2D eigenvalue weighted by Crippen LogP contribution is -2.41. The Balaban J connectivity index is 1.57. The SMILES string of the molecule is O=C(NCc1ccc(N2CCC(O)CC2)c(F)c1)[C@@H]1CSCN1. The zero-order valence-corrected chi connectivity index (χ0v) is 13.7. The fourth-order valence-electron chi connectivity index (χ4n) is 2.90. The second-order valence-corrected chi connectivity index (χ2v) is 7.02. The fourth-order valence-corrected chi connectivity index (χ4v) is 3.84. The van der Waals surface area contributed by atoms with Crippen molar-refractivity contribution < 1.29 is 14.3 Å². The van der Waals surface area contributed by atoms with Crippen LogP contribution in [0.3, 0.4) is 0 Å². The molecule has 1 aromatic rings. The number of nitrogens with zero attached hydrogens (tertiary/aromatic N) is 1. The van der Waals surface area contributed by atoms with Crippen LogP contribution in [0.15, 0.2) is 18.2 Å². The summed E-state index contributed by atoms with van der Waals surface area (Å²) in [5, 5.41) is 15.5. The standard InChI is InChI=1S/C16H22FN3O2S/c17-13-7-11(8-18-16(22)14-9-23-10-19-14)1-2-15(13)20-5-3-12(21)4-6-20/h1-2,7,12,14,19,21H,3-6,8-10H2,(H,18,22)/t14-/m0/s1. The Morgan fingerprint density at radius 1 is 1.43 bits per heavy atom. The third-order valence-corrected chi connectivity index (χ3v) is 5.26. The molecule has 0 spiro atoms. The van der Waals surface area contributed by atoms with E-state index in [0.29, 0.717) is 38.2 Å². The molecule has 7 heteroatoms. The molecule has 0 aliphatic carbocycles. The average Bonchev–Trinajstić information content (AvgIpc) is 3.08. The Morgan fingerprint density at radius 2 is 2.22 bits per heavy atom. The van der Waals surface area contributed by atoms with E-state index in [9.17, 15) is 14.3 Å². The van der Waals surface area contributed by atoms with Gasteiger partial charge in [0.25, 0.3) is 0 Å². The van der Waals surface area contributed by atoms with E-state index in [-0.39, 0.29) is 23.9 Å². The van der Waals surface area contributed by atoms with Gasteiger partial charge >= 0.3 is 0 Å². The van der Waals surface area contributed by atoms with Crippen LogP contribution in [0.5, 0.6) is 0 Å². The number of amides is 1. The molecule has 0 radical (unpaired) electrons. The number of carbonyl (C=O) groups is 1. The van der Waals surface area contributed by atoms with Crippen molar-refractivity contribution >= 4 is 23.4 Å². The number of carbonyl (C=O) groups excluding carboxylic acids is 1. The molecule has 2 aliphatic heterocycles. The lowest BCUT2D eigenvalue weighted by molar-refractivity contribution is -0.122. The molecule has 0 unspecified atom stereocenters. The fraction of sp³-hybridized carbons (Fsp3) is 0.562. The molecule has 126 valence electrons. The Bertz CT molecular complexity index is 558. The van der Waals surface area contributed by atoms with Crippen molar-refractivity contribution in [3.8, 4) is 0 Å². The molecular formula is C16H22FN3O2S. The first-order valence-corrected chi connectivity index (χ1v) is 9.09. The molecular weight excluding hydrogens is 317 g/mol. The second kappa shape index (κ2) is 7.51. The molecule has 3 rings (SSSR count). The summed E-state index contributed by atoms with van der Waals surface area (Å²) in [4.78, 5) is 13.9. The number of hydrogen-bond donors (Lipinski definition) is 3. The molecule has 2 aliphatic rings. The predicted molar refractivity (Wildman–Crippen MR) is 89.9 cm³/mol. The maximum absolute atomic E-state index is 14.3. The average molecular weight is 339 g/mol. The highest BCUT2D eigenvalue weighted by Gasteiger charge is 2.22. The monoisotopic (exact) mass is 339 g/mol. The molecule has 2 fully saturated rings. The van der Waals surface area contributed by atoms with E-state index in [1.165, 1.54) is 6.07 Å². The first kappa shape index (κ1) is 16.5. The third-order valence-electron chi connectivity index (χ3n) is 4.32. The number of thioether (sulfide) groups is 1. The van der Waals surface area contributed by atoms with E-state index in [1.54, 1.807) is 17.8 Å². The van der Waals surface area contributed by atoms with Gasteiger partial charge in [-0.3, -0.25) is 10.1 Å². The number of benzene rings is 1. The van der Waals surface area contributed by atoms with E-state index >= 15 is 0 Å². The highest BCUT2D eigenvalue weighted by atomic mass is 32.2. The first-order valence-electron chi connectivity index (χ1n) is 7.94. The van der Waals surface area contributed by atoms with Crippen molar-refractivity contribution in [3.05, 3.63) is 29.6 Å². The molecule has 0 bridgehead atoms. The van der Waals surface area contributed by atoms with Gasteiger partial charge in [-0.2, -0.15) is 0 Å². The summed E-state index contributed by atoms with van der Waals surface area (Å²) in [6.07, 6.45) is 1.07. The Kier molecular flexibility index (Phi) is 5.40. The summed E-state index contributed by atoms with van der Waals surface area (Å²) in [7, 11) is 0. The maximum atomic E-state index is 14.3. The van der Waals surface area contributed by atoms with Crippen molar-refractivity contribution in [1.29, 1.82) is 0 Å². The van der Waals surface area contributed by atoms with Crippen LogP contribution >= 0.6 is 11.8 Å². The lowest BCUT2D eigenvalue weighted by Gasteiger charge is -2.31. The predicted octanol–water partition coefficient (Wildman–Crippen LogP) is 1.07. The van der Waals surface area contributed by atoms with Crippen LogP contribution in [0.1, 0.15) is 18.4 Å². The number of hydrogen-bond acceptors (Lipinski definition) is 5. The van der Waals surface area contributed by atoms with E-state index in [2.05, 4.69) is 10.6 Å². The summed E-state index contributed by atoms with van der Waals surface area (Å²) in [6.45, 7) is 1.66. The minimum absolute atomic E-state index is 0.0375. The molecule has 1 aromatic carbocycles. The summed E-state index contributed by atoms with van der Waals surface area (Å²) in [5.41, 5.74) is 1.32. The molecule has 3 N–H and O–H groups in total. The quantitative estimate of drug-likeness (QED) is 0.766. The highest BCUT2D eigenvalue weighted by Crippen LogP contribution is 2.24. The number of aliphatic hydroxyl groups excluding tert-OH is 1. The van der Waals surface area contributed by atoms with Gasteiger partial charge in [0.05, 0.1) is 17.8 Å². The normalized spacial score (nSPS) is 22.3. The van der Waals surface area contributed by atoms with Crippen molar-refractivity contribution in [3.63, 3.8) is 0 Å². The van der Waals surface area contributed by atoms with Gasteiger partial charge in [-0.25, -0.2) is 4.39 Å². The van der Waals surface area contributed by atoms with Crippen LogP contribution in [-0.4, -0.2) is 47.9 Å². The van der Waals surface area contributed by atoms with E-state index in [4.69, 9.17) is 0 Å². The zero-order valence-electron chi connectivity index (χ0n) is 12.9. The molecule has 2 saturated heterocycles. The maximum Gasteiger partial charge on any atom is 0.238 e. The minimum atomic E-state index is -0.275. The molecule has 2 heterocycles. The number of aliphatic hydroxyl groups is 1. The van der Waals surface area contributed by atoms with Gasteiger partial charge in [0.15, 0.2) is 0 Å². The van der Waals surface area contributed by atoms with Crippen LogP contribution in [0.25, 0.3) is 0 Å². The molecule has 23 heavy (non-hydrogen) atoms. The van der Waals surface area contributed by atoms with Crippen LogP contribution < -0.4 is 15.5 Å². The van der Waals surface area contributed by atoms with E-state index in [1.807, 2.05) is 11.0 Å². The van der Waals surface area contributed by atoms with Gasteiger partial charge in [-0.1, -0.05) is 6.07 Å². The van der Waals surface area contributed by atoms with Gasteiger partial charge in [0, 0.05) is 31.3 Å². The zero-order chi connectivity index (χ0) is 16.2. The minimum Gasteiger partial charge on any atom is -0.393 e. The van der Waals surface area contributed by atoms with Crippen molar-refractivity contribution in [2.75, 3.05) is 29.6 Å². The number of nitrogens with one attached hydrogen (secondary N) is 2. The third kappa shape index (κ3) is 4.16. The Labute approximate surface area is 139 Å². The first-order chi connectivity index (χ1) is 11.1. The second-order valence-electron chi connectivity index (χ2n) is 5.99. The summed E-state index contributed by atoms with van der Waals surface area (Å²) in [5.74, 6) is 1.26. The van der Waals surface area contributed by atoms with E-state index < -0.39 is 0 Å². The van der Waals surface area contributed by atoms with Crippen molar-refractivity contribution in [1.82, 2.24) is 10.6 Å². The van der Waals surface area contributed by atoms with Gasteiger partial charge in [-0.05, 0) is 30.5 Å². The summed E-state index contributed by atoms with van der Waals surface area (Å²) in [6, 6.07) is 4.94. The molecule has 1 atom stereocenters. The van der Waals surface area contributed by atoms with Crippen LogP contribution in [0.4, 0.5) is 10.1 Å². The Morgan fingerprint density at radius 3 is 2.87 bits per heavy atom. The van der Waals surface area contributed by atoms with Crippen molar-refractivity contribution in [2.24, 2.45) is 0 Å². The summed E-state index contributed by atoms with van der Waals surface area (Å²) >= 11 is 1.70. The van der Waals surface area contributed by atoms with Crippen LogP contribution in [0.2, 0.25) is 0 Å². The smallest absolute Gasteiger partial charge is 0.238 e. The van der Waals surface area contributed by atoms with Gasteiger partial charge in [0.2, 0.25) is 5.91 Å². The van der Waals surface area contributed by atoms with Crippen LogP contribution in [0, 0.1) is 5.82 Å². The summed E-state index contributed by atoms with van der Waals surface area (Å²) < 4.78 is 14.3. The van der Waals surface area contributed by atoms with Crippen LogP contribution in [-0.2, 0) is 11.3 Å². The van der Waals surface area contributed by atoms with Gasteiger partial charge in [0.1, 0.15) is 5.82 Å². The molecule has 5 nitrogen and oxygen atoms in total. The molecule has 0 aromatic heterocycles. The lowest BCUT2D eigenvalue weighted by atomic mass is 10.1.